The molecule has 0 saturated carbocycles. The smallest absolute Gasteiger partial charge is 0.330 e. The Bertz CT molecular complexity index is 470. The van der Waals surface area contributed by atoms with E-state index in [1.165, 1.54) is 6.08 Å². The summed E-state index contributed by atoms with van der Waals surface area (Å²) >= 11 is 0. The van der Waals surface area contributed by atoms with Crippen molar-refractivity contribution in [1.29, 1.82) is 0 Å². The largest absolute Gasteiger partial charge is 0.453 e. The molecule has 2 rings (SSSR count). The molecule has 1 aromatic rings. The van der Waals surface area contributed by atoms with Gasteiger partial charge in [-0.25, -0.2) is 4.79 Å². The number of cyclic esters (lactones) is 1. The van der Waals surface area contributed by atoms with Gasteiger partial charge in [0.2, 0.25) is 0 Å². The van der Waals surface area contributed by atoms with Gasteiger partial charge in [0.05, 0.1) is 0 Å². The summed E-state index contributed by atoms with van der Waals surface area (Å²) in [5.41, 5.74) is 0.556. The van der Waals surface area contributed by atoms with Gasteiger partial charge in [-0.1, -0.05) is 30.3 Å². The summed E-state index contributed by atoms with van der Waals surface area (Å²) in [4.78, 5) is 11.3. The van der Waals surface area contributed by atoms with Crippen LogP contribution in [0.3, 0.4) is 0 Å². The molecule has 0 amide bonds. The number of rotatable bonds is 5. The van der Waals surface area contributed by atoms with Crippen molar-refractivity contribution in [3.05, 3.63) is 48.0 Å². The van der Waals surface area contributed by atoms with Gasteiger partial charge in [-0.3, -0.25) is 0 Å². The molecule has 0 unspecified atom stereocenters. The third-order valence-electron chi connectivity index (χ3n) is 3.16. The second-order valence-corrected chi connectivity index (χ2v) is 4.53. The summed E-state index contributed by atoms with van der Waals surface area (Å²) in [6.07, 6.45) is -1.10. The van der Waals surface area contributed by atoms with Gasteiger partial charge in [0.15, 0.2) is 6.10 Å². The Morgan fingerprint density at radius 1 is 1.30 bits per heavy atom. The van der Waals surface area contributed by atoms with E-state index in [1.807, 2.05) is 6.07 Å². The lowest BCUT2D eigenvalue weighted by Crippen LogP contribution is -2.46. The van der Waals surface area contributed by atoms with Gasteiger partial charge in [0, 0.05) is 12.7 Å². The molecule has 0 spiro atoms. The molecule has 0 aliphatic carbocycles. The summed E-state index contributed by atoms with van der Waals surface area (Å²) in [5.74, 6) is -0.551. The predicted octanol–water partition coefficient (Wildman–Crippen LogP) is 0.968. The van der Waals surface area contributed by atoms with Crippen molar-refractivity contribution in [2.75, 3.05) is 6.61 Å². The predicted molar refractivity (Wildman–Crippen MR) is 71.8 cm³/mol. The van der Waals surface area contributed by atoms with Crippen LogP contribution in [-0.4, -0.2) is 41.1 Å². The van der Waals surface area contributed by atoms with Gasteiger partial charge in [-0.05, 0) is 18.6 Å². The molecule has 5 heteroatoms. The molecule has 108 valence electrons. The fourth-order valence-electron chi connectivity index (χ4n) is 2.16. The summed E-state index contributed by atoms with van der Waals surface area (Å²) in [5, 5.41) is 20.5. The first-order chi connectivity index (χ1) is 9.63. The molecule has 0 aromatic heterocycles. The minimum absolute atomic E-state index is 0.414. The third kappa shape index (κ3) is 3.25. The second kappa shape index (κ2) is 6.65. The topological polar surface area (TPSA) is 76.0 Å². The van der Waals surface area contributed by atoms with Crippen molar-refractivity contribution >= 4 is 5.97 Å². The van der Waals surface area contributed by atoms with Crippen LogP contribution in [0.4, 0.5) is 0 Å². The third-order valence-corrected chi connectivity index (χ3v) is 3.16. The summed E-state index contributed by atoms with van der Waals surface area (Å²) < 4.78 is 10.5. The maximum Gasteiger partial charge on any atom is 0.330 e. The maximum absolute atomic E-state index is 11.3. The number of hydrogen-bond acceptors (Lipinski definition) is 5. The highest BCUT2D eigenvalue weighted by atomic mass is 16.6. The first kappa shape index (κ1) is 14.7. The van der Waals surface area contributed by atoms with E-state index >= 15 is 0 Å². The molecule has 4 atom stereocenters. The van der Waals surface area contributed by atoms with E-state index in [0.29, 0.717) is 12.2 Å². The van der Waals surface area contributed by atoms with Crippen LogP contribution < -0.4 is 0 Å². The highest BCUT2D eigenvalue weighted by molar-refractivity contribution is 5.83. The molecule has 20 heavy (non-hydrogen) atoms. The molecule has 0 bridgehead atoms. The zero-order valence-corrected chi connectivity index (χ0v) is 11.2. The average molecular weight is 278 g/mol. The Morgan fingerprint density at radius 2 is 2.00 bits per heavy atom. The lowest BCUT2D eigenvalue weighted by molar-refractivity contribution is -0.170. The minimum atomic E-state index is -1.26. The molecule has 5 nitrogen and oxygen atoms in total. The monoisotopic (exact) mass is 278 g/mol. The van der Waals surface area contributed by atoms with Gasteiger partial charge >= 0.3 is 5.97 Å². The van der Waals surface area contributed by atoms with Crippen molar-refractivity contribution in [3.63, 3.8) is 0 Å². The summed E-state index contributed by atoms with van der Waals surface area (Å²) in [6.45, 7) is 2.22. The van der Waals surface area contributed by atoms with Crippen LogP contribution in [0, 0.1) is 0 Å². The van der Waals surface area contributed by atoms with Crippen LogP contribution in [0.1, 0.15) is 18.6 Å². The van der Waals surface area contributed by atoms with E-state index in [9.17, 15) is 15.0 Å². The molecule has 0 saturated heterocycles. The molecule has 2 N–H and O–H groups in total. The molecule has 0 radical (unpaired) electrons. The van der Waals surface area contributed by atoms with Crippen LogP contribution in [-0.2, 0) is 14.3 Å². The molecule has 1 aliphatic rings. The number of aliphatic hydroxyl groups excluding tert-OH is 2. The molecule has 1 aromatic carbocycles. The highest BCUT2D eigenvalue weighted by Crippen LogP contribution is 2.25. The summed E-state index contributed by atoms with van der Waals surface area (Å²) in [6, 6.07) is 8.74. The van der Waals surface area contributed by atoms with Gasteiger partial charge in [0.25, 0.3) is 0 Å². The molecule has 1 heterocycles. The number of carbonyl (C=O) groups is 1. The van der Waals surface area contributed by atoms with E-state index in [0.717, 1.165) is 0 Å². The first-order valence-electron chi connectivity index (χ1n) is 6.55. The standard InChI is InChI=1S/C15H18O5/c1-2-19-11-8-9-12(16)20-15(11)14(18)13(17)10-6-4-3-5-7-10/h3-9,11,13-15,17-18H,2H2,1H3/t11-,13-,14+,15+/m0/s1. The highest BCUT2D eigenvalue weighted by Gasteiger charge is 2.37. The second-order valence-electron chi connectivity index (χ2n) is 4.53. The Kier molecular flexibility index (Phi) is 4.89. The number of benzene rings is 1. The number of hydrogen-bond donors (Lipinski definition) is 2. The zero-order valence-electron chi connectivity index (χ0n) is 11.2. The van der Waals surface area contributed by atoms with Crippen LogP contribution in [0.15, 0.2) is 42.5 Å². The Balaban J connectivity index is 2.15. The molecular weight excluding hydrogens is 260 g/mol. The number of ether oxygens (including phenoxy) is 2. The number of carbonyl (C=O) groups excluding carboxylic acids is 1. The van der Waals surface area contributed by atoms with Gasteiger partial charge in [-0.15, -0.1) is 0 Å². The Labute approximate surface area is 117 Å². The van der Waals surface area contributed by atoms with Crippen LogP contribution in [0.25, 0.3) is 0 Å². The van der Waals surface area contributed by atoms with Gasteiger partial charge in [0.1, 0.15) is 18.3 Å². The average Bonchev–Trinajstić information content (AvgIpc) is 2.48. The van der Waals surface area contributed by atoms with E-state index in [4.69, 9.17) is 9.47 Å². The van der Waals surface area contributed by atoms with Crippen LogP contribution in [0.2, 0.25) is 0 Å². The lowest BCUT2D eigenvalue weighted by atomic mass is 9.96. The van der Waals surface area contributed by atoms with E-state index < -0.39 is 30.4 Å². The van der Waals surface area contributed by atoms with Gasteiger partial charge in [-0.2, -0.15) is 0 Å². The van der Waals surface area contributed by atoms with Crippen molar-refractivity contribution < 1.29 is 24.5 Å². The zero-order chi connectivity index (χ0) is 14.5. The fraction of sp³-hybridized carbons (Fsp3) is 0.400. The maximum atomic E-state index is 11.3. The molecule has 1 aliphatic heterocycles. The van der Waals surface area contributed by atoms with E-state index in [-0.39, 0.29) is 0 Å². The fourth-order valence-corrected chi connectivity index (χ4v) is 2.16. The van der Waals surface area contributed by atoms with Crippen molar-refractivity contribution in [1.82, 2.24) is 0 Å². The normalized spacial score (nSPS) is 25.1. The lowest BCUT2D eigenvalue weighted by Gasteiger charge is -2.33. The minimum Gasteiger partial charge on any atom is -0.453 e. The van der Waals surface area contributed by atoms with E-state index in [2.05, 4.69) is 0 Å². The number of aliphatic hydroxyl groups is 2. The van der Waals surface area contributed by atoms with Crippen LogP contribution in [0.5, 0.6) is 0 Å². The molecular formula is C15H18O5. The summed E-state index contributed by atoms with van der Waals surface area (Å²) in [7, 11) is 0. The first-order valence-corrected chi connectivity index (χ1v) is 6.55. The van der Waals surface area contributed by atoms with Gasteiger partial charge < -0.3 is 19.7 Å². The Hall–Kier alpha value is -1.69. The van der Waals surface area contributed by atoms with Crippen molar-refractivity contribution in [2.24, 2.45) is 0 Å². The van der Waals surface area contributed by atoms with Crippen molar-refractivity contribution in [2.45, 2.75) is 31.3 Å². The number of esters is 1. The quantitative estimate of drug-likeness (QED) is 0.785. The molecule has 0 fully saturated rings. The van der Waals surface area contributed by atoms with Crippen LogP contribution >= 0.6 is 0 Å². The SMILES string of the molecule is CCO[C@H]1C=CC(=O)O[C@H]1[C@H](O)[C@@H](O)c1ccccc1. The van der Waals surface area contributed by atoms with E-state index in [1.54, 1.807) is 37.3 Å². The Morgan fingerprint density at radius 3 is 2.65 bits per heavy atom. The van der Waals surface area contributed by atoms with Crippen molar-refractivity contribution in [3.8, 4) is 0 Å².